The van der Waals surface area contributed by atoms with Gasteiger partial charge in [-0.3, -0.25) is 0 Å². The van der Waals surface area contributed by atoms with Gasteiger partial charge in [-0.15, -0.1) is 0 Å². The van der Waals surface area contributed by atoms with E-state index in [9.17, 15) is 0 Å². The number of rotatable bonds is 0. The van der Waals surface area contributed by atoms with Gasteiger partial charge in [0.1, 0.15) is 0 Å². The van der Waals surface area contributed by atoms with E-state index in [1.54, 1.807) is 0 Å². The molecule has 0 radical (unpaired) electrons. The zero-order valence-corrected chi connectivity index (χ0v) is 7.15. The van der Waals surface area contributed by atoms with Gasteiger partial charge in [0.2, 0.25) is 0 Å². The van der Waals surface area contributed by atoms with Crippen LogP contribution in [0.1, 0.15) is 37.1 Å². The molecule has 0 unspecified atom stereocenters. The minimum absolute atomic E-state index is 0. The van der Waals surface area contributed by atoms with E-state index in [0.717, 1.165) is 0 Å². The van der Waals surface area contributed by atoms with Crippen LogP contribution in [0.4, 0.5) is 0 Å². The summed E-state index contributed by atoms with van der Waals surface area (Å²) in [4.78, 5) is 0. The molecule has 0 fully saturated rings. The quantitative estimate of drug-likeness (QED) is 0.542. The zero-order valence-electron chi connectivity index (χ0n) is 7.15. The Morgan fingerprint density at radius 2 is 0.750 bits per heavy atom. The van der Waals surface area contributed by atoms with Gasteiger partial charge >= 0.3 is 0 Å². The van der Waals surface area contributed by atoms with Crippen LogP contribution in [0.25, 0.3) is 0 Å². The summed E-state index contributed by atoms with van der Waals surface area (Å²) in [6.07, 6.45) is 0. The van der Waals surface area contributed by atoms with Gasteiger partial charge in [-0.25, -0.2) is 0 Å². The summed E-state index contributed by atoms with van der Waals surface area (Å²) in [5, 5.41) is 0. The smallest absolute Gasteiger partial charge is 0.0395 e. The molecule has 0 amide bonds. The molecule has 0 aliphatic carbocycles. The maximum atomic E-state index is 2.24. The number of hydrogen-bond acceptors (Lipinski definition) is 0. The predicted octanol–water partition coefficient (Wildman–Crippen LogP) is 4.19. The van der Waals surface area contributed by atoms with Crippen LogP contribution in [0, 0.1) is 27.7 Å². The fourth-order valence-electron chi connectivity index (χ4n) is 1.10. The van der Waals surface area contributed by atoms with Gasteiger partial charge in [0, 0.05) is 0 Å². The standard InChI is InChI=1S/C10H14.2CH4/c1-7-5-9(3)10(4)6-8(7)2;;/h5-6H,1-4H3;2*1H4. The molecule has 0 aliphatic heterocycles. The van der Waals surface area contributed by atoms with Crippen molar-refractivity contribution >= 4 is 0 Å². The van der Waals surface area contributed by atoms with Crippen LogP contribution in [-0.4, -0.2) is 0 Å². The second-order valence-corrected chi connectivity index (χ2v) is 3.02. The third-order valence-corrected chi connectivity index (χ3v) is 2.11. The molecule has 0 heteroatoms. The fraction of sp³-hybridized carbons (Fsp3) is 0.500. The largest absolute Gasteiger partial charge is 0.0776 e. The molecule has 0 nitrogen and oxygen atoms in total. The highest BCUT2D eigenvalue weighted by molar-refractivity contribution is 5.35. The fourth-order valence-corrected chi connectivity index (χ4v) is 1.10. The zero-order chi connectivity index (χ0) is 7.72. The van der Waals surface area contributed by atoms with Crippen molar-refractivity contribution in [2.75, 3.05) is 0 Å². The van der Waals surface area contributed by atoms with Gasteiger partial charge in [0.05, 0.1) is 0 Å². The van der Waals surface area contributed by atoms with Crippen LogP contribution in [0.15, 0.2) is 12.1 Å². The molecule has 0 spiro atoms. The molecule has 1 aromatic carbocycles. The summed E-state index contributed by atoms with van der Waals surface area (Å²) in [5.74, 6) is 0. The molecule has 0 aromatic heterocycles. The Balaban J connectivity index is 0. The van der Waals surface area contributed by atoms with Crippen LogP contribution in [0.5, 0.6) is 0 Å². The monoisotopic (exact) mass is 166 g/mol. The first-order valence-electron chi connectivity index (χ1n) is 3.65. The van der Waals surface area contributed by atoms with Crippen molar-refractivity contribution in [3.8, 4) is 0 Å². The van der Waals surface area contributed by atoms with E-state index < -0.39 is 0 Å². The van der Waals surface area contributed by atoms with E-state index in [0.29, 0.717) is 0 Å². The average molecular weight is 166 g/mol. The summed E-state index contributed by atoms with van der Waals surface area (Å²) >= 11 is 0. The Kier molecular flexibility index (Phi) is 5.71. The van der Waals surface area contributed by atoms with Gasteiger partial charge in [-0.05, 0) is 49.9 Å². The molecule has 0 saturated heterocycles. The second kappa shape index (κ2) is 4.97. The SMILES string of the molecule is C.C.Cc1cc(C)c(C)cc1C. The number of aryl methyl sites for hydroxylation is 4. The molecule has 0 saturated carbocycles. The minimum Gasteiger partial charge on any atom is -0.0776 e. The highest BCUT2D eigenvalue weighted by Crippen LogP contribution is 2.13. The number of benzene rings is 1. The maximum absolute atomic E-state index is 2.24. The Labute approximate surface area is 77.6 Å². The van der Waals surface area contributed by atoms with Gasteiger partial charge in [-0.1, -0.05) is 27.0 Å². The van der Waals surface area contributed by atoms with Crippen LogP contribution in [0.3, 0.4) is 0 Å². The van der Waals surface area contributed by atoms with Crippen LogP contribution < -0.4 is 0 Å². The number of hydrogen-bond donors (Lipinski definition) is 0. The van der Waals surface area contributed by atoms with Crippen molar-refractivity contribution in [2.24, 2.45) is 0 Å². The van der Waals surface area contributed by atoms with E-state index in [4.69, 9.17) is 0 Å². The molecule has 0 N–H and O–H groups in total. The van der Waals surface area contributed by atoms with Gasteiger partial charge in [0.25, 0.3) is 0 Å². The Morgan fingerprint density at radius 1 is 0.583 bits per heavy atom. The third-order valence-electron chi connectivity index (χ3n) is 2.11. The molecule has 1 aromatic rings. The highest BCUT2D eigenvalue weighted by atomic mass is 14.0. The molecule has 0 atom stereocenters. The van der Waals surface area contributed by atoms with Crippen molar-refractivity contribution in [3.63, 3.8) is 0 Å². The normalized spacial score (nSPS) is 8.33. The molecule has 0 aliphatic rings. The Hall–Kier alpha value is -0.780. The van der Waals surface area contributed by atoms with Crippen LogP contribution in [-0.2, 0) is 0 Å². The molecule has 1 rings (SSSR count). The minimum atomic E-state index is 0. The lowest BCUT2D eigenvalue weighted by atomic mass is 10.0. The summed E-state index contributed by atoms with van der Waals surface area (Å²) in [6.45, 7) is 8.62. The van der Waals surface area contributed by atoms with E-state index in [1.165, 1.54) is 22.3 Å². The Bertz CT molecular complexity index is 196. The van der Waals surface area contributed by atoms with Crippen molar-refractivity contribution in [1.82, 2.24) is 0 Å². The molecular weight excluding hydrogens is 144 g/mol. The first kappa shape index (κ1) is 13.8. The van der Waals surface area contributed by atoms with Gasteiger partial charge in [-0.2, -0.15) is 0 Å². The molecule has 12 heavy (non-hydrogen) atoms. The summed E-state index contributed by atoms with van der Waals surface area (Å²) in [7, 11) is 0. The predicted molar refractivity (Wildman–Crippen MR) is 58.9 cm³/mol. The summed E-state index contributed by atoms with van der Waals surface area (Å²) < 4.78 is 0. The molecule has 0 heterocycles. The van der Waals surface area contributed by atoms with Crippen LogP contribution >= 0.6 is 0 Å². The first-order chi connectivity index (χ1) is 4.61. The van der Waals surface area contributed by atoms with Crippen molar-refractivity contribution < 1.29 is 0 Å². The lowest BCUT2D eigenvalue weighted by Crippen LogP contribution is -1.86. The summed E-state index contributed by atoms with van der Waals surface area (Å²) in [5.41, 5.74) is 5.57. The van der Waals surface area contributed by atoms with E-state index >= 15 is 0 Å². The van der Waals surface area contributed by atoms with Crippen molar-refractivity contribution in [1.29, 1.82) is 0 Å². The van der Waals surface area contributed by atoms with Gasteiger partial charge in [0.15, 0.2) is 0 Å². The lowest BCUT2D eigenvalue weighted by Gasteiger charge is -2.04. The van der Waals surface area contributed by atoms with E-state index in [1.807, 2.05) is 0 Å². The van der Waals surface area contributed by atoms with Crippen LogP contribution in [0.2, 0.25) is 0 Å². The second-order valence-electron chi connectivity index (χ2n) is 3.02. The maximum Gasteiger partial charge on any atom is -0.0395 e. The lowest BCUT2D eigenvalue weighted by molar-refractivity contribution is 1.24. The van der Waals surface area contributed by atoms with Gasteiger partial charge < -0.3 is 0 Å². The third kappa shape index (κ3) is 2.69. The van der Waals surface area contributed by atoms with E-state index in [-0.39, 0.29) is 14.9 Å². The average Bonchev–Trinajstić information content (AvgIpc) is 1.84. The summed E-state index contributed by atoms with van der Waals surface area (Å²) in [6, 6.07) is 4.48. The molecule has 0 bridgehead atoms. The van der Waals surface area contributed by atoms with Crippen molar-refractivity contribution in [3.05, 3.63) is 34.4 Å². The van der Waals surface area contributed by atoms with Crippen molar-refractivity contribution in [2.45, 2.75) is 42.5 Å². The highest BCUT2D eigenvalue weighted by Gasteiger charge is 1.95. The van der Waals surface area contributed by atoms with E-state index in [2.05, 4.69) is 39.8 Å². The first-order valence-corrected chi connectivity index (χ1v) is 3.65. The Morgan fingerprint density at radius 3 is 0.917 bits per heavy atom. The molecule has 70 valence electrons. The molecular formula is C12H22. The topological polar surface area (TPSA) is 0 Å².